The topological polar surface area (TPSA) is 69.5 Å². The zero-order chi connectivity index (χ0) is 23.9. The van der Waals surface area contributed by atoms with Crippen molar-refractivity contribution in [1.29, 1.82) is 5.26 Å². The van der Waals surface area contributed by atoms with Crippen LogP contribution >= 0.6 is 0 Å². The molecule has 0 atom stereocenters. The first-order chi connectivity index (χ1) is 15.6. The standard InChI is InChI=1S/C24H19F3N4O2/c1-14-4-5-16(12-28)10-21(14)30-13-31(19-8-9-22(33-3)29-15(19)2)23(32)18-11-17(24(25,26)27)6-7-20(18)30/h4-11H,13H2,1-3H3. The third-order valence-corrected chi connectivity index (χ3v) is 5.53. The molecule has 1 aliphatic rings. The lowest BCUT2D eigenvalue weighted by Crippen LogP contribution is -2.45. The van der Waals surface area contributed by atoms with Crippen molar-refractivity contribution in [2.24, 2.45) is 0 Å². The Kier molecular flexibility index (Phi) is 5.46. The highest BCUT2D eigenvalue weighted by atomic mass is 19.4. The highest BCUT2D eigenvalue weighted by Crippen LogP contribution is 2.40. The Balaban J connectivity index is 1.92. The fourth-order valence-corrected chi connectivity index (χ4v) is 3.84. The van der Waals surface area contributed by atoms with Gasteiger partial charge < -0.3 is 9.64 Å². The van der Waals surface area contributed by atoms with Gasteiger partial charge >= 0.3 is 6.18 Å². The summed E-state index contributed by atoms with van der Waals surface area (Å²) < 4.78 is 45.4. The normalized spacial score (nSPS) is 13.5. The summed E-state index contributed by atoms with van der Waals surface area (Å²) in [6, 6.07) is 13.5. The molecule has 0 saturated carbocycles. The Morgan fingerprint density at radius 3 is 2.36 bits per heavy atom. The van der Waals surface area contributed by atoms with Gasteiger partial charge in [-0.3, -0.25) is 9.69 Å². The average Bonchev–Trinajstić information content (AvgIpc) is 2.79. The molecule has 1 aromatic heterocycles. The second-order valence-electron chi connectivity index (χ2n) is 7.60. The van der Waals surface area contributed by atoms with Crippen LogP contribution in [0.4, 0.5) is 30.2 Å². The van der Waals surface area contributed by atoms with Crippen LogP contribution in [0.1, 0.15) is 32.7 Å². The van der Waals surface area contributed by atoms with E-state index in [9.17, 15) is 23.2 Å². The Hall–Kier alpha value is -4.06. The maximum absolute atomic E-state index is 13.4. The van der Waals surface area contributed by atoms with Crippen LogP contribution in [0.25, 0.3) is 0 Å². The maximum Gasteiger partial charge on any atom is 0.416 e. The smallest absolute Gasteiger partial charge is 0.416 e. The van der Waals surface area contributed by atoms with Gasteiger partial charge in [-0.2, -0.15) is 18.4 Å². The molecule has 9 heteroatoms. The Morgan fingerprint density at radius 2 is 1.73 bits per heavy atom. The minimum Gasteiger partial charge on any atom is -0.481 e. The van der Waals surface area contributed by atoms with E-state index in [1.54, 1.807) is 42.2 Å². The lowest BCUT2D eigenvalue weighted by atomic mass is 10.0. The number of nitriles is 1. The third kappa shape index (κ3) is 3.96. The number of halogens is 3. The van der Waals surface area contributed by atoms with Crippen LogP contribution in [-0.4, -0.2) is 24.7 Å². The molecule has 0 saturated heterocycles. The van der Waals surface area contributed by atoms with Crippen molar-refractivity contribution in [2.45, 2.75) is 20.0 Å². The number of anilines is 3. The molecule has 2 heterocycles. The van der Waals surface area contributed by atoms with E-state index >= 15 is 0 Å². The van der Waals surface area contributed by atoms with Crippen molar-refractivity contribution < 1.29 is 22.7 Å². The van der Waals surface area contributed by atoms with Crippen molar-refractivity contribution >= 4 is 23.0 Å². The molecule has 0 N–H and O–H groups in total. The molecular formula is C24H19F3N4O2. The van der Waals surface area contributed by atoms with Gasteiger partial charge in [-0.15, -0.1) is 0 Å². The molecular weight excluding hydrogens is 433 g/mol. The first-order valence-corrected chi connectivity index (χ1v) is 9.97. The Labute approximate surface area is 188 Å². The van der Waals surface area contributed by atoms with E-state index in [0.717, 1.165) is 17.7 Å². The molecule has 33 heavy (non-hydrogen) atoms. The molecule has 0 unspecified atom stereocenters. The highest BCUT2D eigenvalue weighted by Gasteiger charge is 2.37. The number of hydrogen-bond acceptors (Lipinski definition) is 5. The van der Waals surface area contributed by atoms with Crippen molar-refractivity contribution in [1.82, 2.24) is 4.98 Å². The lowest BCUT2D eigenvalue weighted by Gasteiger charge is -2.39. The Morgan fingerprint density at radius 1 is 1.00 bits per heavy atom. The number of alkyl halides is 3. The predicted octanol–water partition coefficient (Wildman–Crippen LogP) is 5.35. The van der Waals surface area contributed by atoms with Crippen LogP contribution in [0.3, 0.4) is 0 Å². The van der Waals surface area contributed by atoms with E-state index in [1.807, 2.05) is 6.92 Å². The highest BCUT2D eigenvalue weighted by molar-refractivity contribution is 6.13. The summed E-state index contributed by atoms with van der Waals surface area (Å²) >= 11 is 0. The summed E-state index contributed by atoms with van der Waals surface area (Å²) in [5.74, 6) is -0.216. The zero-order valence-corrected chi connectivity index (χ0v) is 18.1. The van der Waals surface area contributed by atoms with E-state index in [4.69, 9.17) is 4.74 Å². The number of aromatic nitrogens is 1. The number of methoxy groups -OCH3 is 1. The van der Waals surface area contributed by atoms with Gasteiger partial charge in [-0.05, 0) is 55.8 Å². The summed E-state index contributed by atoms with van der Waals surface area (Å²) in [7, 11) is 1.47. The van der Waals surface area contributed by atoms with E-state index in [2.05, 4.69) is 11.1 Å². The first kappa shape index (κ1) is 22.1. The largest absolute Gasteiger partial charge is 0.481 e. The number of rotatable bonds is 3. The summed E-state index contributed by atoms with van der Waals surface area (Å²) in [5.41, 5.74) is 2.09. The van der Waals surface area contributed by atoms with Gasteiger partial charge in [0.1, 0.15) is 6.67 Å². The molecule has 3 aromatic rings. The van der Waals surface area contributed by atoms with E-state index in [1.165, 1.54) is 18.1 Å². The quantitative estimate of drug-likeness (QED) is 0.536. The average molecular weight is 452 g/mol. The lowest BCUT2D eigenvalue weighted by molar-refractivity contribution is -0.137. The molecule has 0 bridgehead atoms. The fourth-order valence-electron chi connectivity index (χ4n) is 3.84. The zero-order valence-electron chi connectivity index (χ0n) is 18.1. The van der Waals surface area contributed by atoms with Crippen molar-refractivity contribution in [2.75, 3.05) is 23.6 Å². The molecule has 0 spiro atoms. The van der Waals surface area contributed by atoms with Crippen LogP contribution in [0.15, 0.2) is 48.5 Å². The minimum absolute atomic E-state index is 0.0295. The van der Waals surface area contributed by atoms with Crippen LogP contribution < -0.4 is 14.5 Å². The Bertz CT molecular complexity index is 1300. The number of benzene rings is 2. The monoisotopic (exact) mass is 452 g/mol. The molecule has 0 radical (unpaired) electrons. The molecule has 1 aliphatic heterocycles. The molecule has 168 valence electrons. The first-order valence-electron chi connectivity index (χ1n) is 9.97. The fraction of sp³-hybridized carbons (Fsp3) is 0.208. The number of hydrogen-bond donors (Lipinski definition) is 0. The number of fused-ring (bicyclic) bond motifs is 1. The third-order valence-electron chi connectivity index (χ3n) is 5.53. The van der Waals surface area contributed by atoms with Crippen molar-refractivity contribution in [3.63, 3.8) is 0 Å². The van der Waals surface area contributed by atoms with E-state index in [-0.39, 0.29) is 12.2 Å². The summed E-state index contributed by atoms with van der Waals surface area (Å²) in [4.78, 5) is 20.8. The van der Waals surface area contributed by atoms with Gasteiger partial charge in [0, 0.05) is 11.8 Å². The number of pyridine rings is 1. The van der Waals surface area contributed by atoms with Crippen LogP contribution in [0.5, 0.6) is 5.88 Å². The number of amides is 1. The van der Waals surface area contributed by atoms with E-state index in [0.29, 0.717) is 34.2 Å². The minimum atomic E-state index is -4.60. The van der Waals surface area contributed by atoms with Crippen LogP contribution in [0, 0.1) is 25.2 Å². The predicted molar refractivity (Wildman–Crippen MR) is 117 cm³/mol. The van der Waals surface area contributed by atoms with E-state index < -0.39 is 17.6 Å². The molecule has 0 aliphatic carbocycles. The number of nitrogens with zero attached hydrogens (tertiary/aromatic N) is 4. The molecule has 2 aromatic carbocycles. The number of ether oxygens (including phenoxy) is 1. The second-order valence-corrected chi connectivity index (χ2v) is 7.60. The molecule has 0 fully saturated rings. The van der Waals surface area contributed by atoms with Gasteiger partial charge in [0.25, 0.3) is 5.91 Å². The van der Waals surface area contributed by atoms with Gasteiger partial charge in [0.2, 0.25) is 5.88 Å². The SMILES string of the molecule is COc1ccc(N2CN(c3cc(C#N)ccc3C)c3ccc(C(F)(F)F)cc3C2=O)c(C)n1. The van der Waals surface area contributed by atoms with Crippen LogP contribution in [0.2, 0.25) is 0 Å². The molecule has 6 nitrogen and oxygen atoms in total. The summed E-state index contributed by atoms with van der Waals surface area (Å²) in [6.45, 7) is 3.56. The van der Waals surface area contributed by atoms with Crippen LogP contribution in [-0.2, 0) is 6.18 Å². The number of aryl methyl sites for hydroxylation is 2. The van der Waals surface area contributed by atoms with Gasteiger partial charge in [-0.25, -0.2) is 4.98 Å². The summed E-state index contributed by atoms with van der Waals surface area (Å²) in [5, 5.41) is 9.35. The number of carbonyl (C=O) groups is 1. The number of carbonyl (C=O) groups excluding carboxylic acids is 1. The maximum atomic E-state index is 13.4. The van der Waals surface area contributed by atoms with Crippen molar-refractivity contribution in [3.8, 4) is 11.9 Å². The second kappa shape index (κ2) is 8.13. The summed E-state index contributed by atoms with van der Waals surface area (Å²) in [6.07, 6.45) is -4.60. The molecule has 4 rings (SSSR count). The van der Waals surface area contributed by atoms with Gasteiger partial charge in [-0.1, -0.05) is 6.07 Å². The van der Waals surface area contributed by atoms with Crippen molar-refractivity contribution in [3.05, 3.63) is 76.5 Å². The van der Waals surface area contributed by atoms with Gasteiger partial charge in [0.05, 0.1) is 46.9 Å². The molecule has 1 amide bonds. The van der Waals surface area contributed by atoms with Gasteiger partial charge in [0.15, 0.2) is 0 Å².